The molecule has 0 bridgehead atoms. The average molecular weight is 347 g/mol. The lowest BCUT2D eigenvalue weighted by Crippen LogP contribution is -2.38. The minimum Gasteiger partial charge on any atom is -0.298 e. The molecule has 2 aromatic rings. The van der Waals surface area contributed by atoms with E-state index in [1.807, 2.05) is 5.38 Å². The first kappa shape index (κ1) is 17.0. The number of piperidine rings is 1. The van der Waals surface area contributed by atoms with E-state index in [2.05, 4.69) is 29.0 Å². The SMILES string of the molecule is C[C@@H]1C[C@H](C)CN(Cc2csc(NC(=O)c3ccc(F)cc3)n2)C1. The van der Waals surface area contributed by atoms with Gasteiger partial charge in [-0.3, -0.25) is 15.0 Å². The van der Waals surface area contributed by atoms with Crippen molar-refractivity contribution in [2.75, 3.05) is 18.4 Å². The van der Waals surface area contributed by atoms with Crippen LogP contribution >= 0.6 is 11.3 Å². The minimum absolute atomic E-state index is 0.267. The summed E-state index contributed by atoms with van der Waals surface area (Å²) in [4.78, 5) is 19.1. The maximum Gasteiger partial charge on any atom is 0.257 e. The van der Waals surface area contributed by atoms with E-state index in [4.69, 9.17) is 0 Å². The third kappa shape index (κ3) is 4.39. The molecule has 3 rings (SSSR count). The number of rotatable bonds is 4. The number of thiazole rings is 1. The van der Waals surface area contributed by atoms with E-state index in [0.29, 0.717) is 22.5 Å². The van der Waals surface area contributed by atoms with Crippen LogP contribution in [0.5, 0.6) is 0 Å². The van der Waals surface area contributed by atoms with Crippen LogP contribution in [0.25, 0.3) is 0 Å². The third-order valence-corrected chi connectivity index (χ3v) is 5.02. The molecule has 1 fully saturated rings. The van der Waals surface area contributed by atoms with E-state index in [0.717, 1.165) is 25.3 Å². The van der Waals surface area contributed by atoms with Gasteiger partial charge < -0.3 is 0 Å². The van der Waals surface area contributed by atoms with Gasteiger partial charge >= 0.3 is 0 Å². The van der Waals surface area contributed by atoms with Gasteiger partial charge in [0.05, 0.1) is 5.69 Å². The molecule has 0 aliphatic carbocycles. The highest BCUT2D eigenvalue weighted by molar-refractivity contribution is 7.13. The molecule has 0 radical (unpaired) electrons. The third-order valence-electron chi connectivity index (χ3n) is 4.21. The molecule has 2 atom stereocenters. The largest absolute Gasteiger partial charge is 0.298 e. The number of amides is 1. The Morgan fingerprint density at radius 1 is 1.29 bits per heavy atom. The van der Waals surface area contributed by atoms with Gasteiger partial charge in [0.15, 0.2) is 5.13 Å². The van der Waals surface area contributed by atoms with Gasteiger partial charge in [0.2, 0.25) is 0 Å². The van der Waals surface area contributed by atoms with Gasteiger partial charge in [-0.05, 0) is 42.5 Å². The molecule has 24 heavy (non-hydrogen) atoms. The summed E-state index contributed by atoms with van der Waals surface area (Å²) >= 11 is 1.42. The summed E-state index contributed by atoms with van der Waals surface area (Å²) in [5.41, 5.74) is 1.41. The summed E-state index contributed by atoms with van der Waals surface area (Å²) in [6.07, 6.45) is 1.28. The lowest BCUT2D eigenvalue weighted by atomic mass is 9.92. The number of likely N-dealkylation sites (tertiary alicyclic amines) is 1. The van der Waals surface area contributed by atoms with Gasteiger partial charge in [-0.15, -0.1) is 11.3 Å². The smallest absolute Gasteiger partial charge is 0.257 e. The Morgan fingerprint density at radius 2 is 1.96 bits per heavy atom. The predicted octanol–water partition coefficient (Wildman–Crippen LogP) is 4.01. The Labute approximate surface area is 145 Å². The van der Waals surface area contributed by atoms with E-state index < -0.39 is 0 Å². The number of benzene rings is 1. The Morgan fingerprint density at radius 3 is 2.62 bits per heavy atom. The zero-order valence-corrected chi connectivity index (χ0v) is 14.8. The maximum atomic E-state index is 12.9. The monoisotopic (exact) mass is 347 g/mol. The van der Waals surface area contributed by atoms with Crippen LogP contribution in [-0.2, 0) is 6.54 Å². The van der Waals surface area contributed by atoms with Crippen molar-refractivity contribution in [3.8, 4) is 0 Å². The molecule has 2 heterocycles. The summed E-state index contributed by atoms with van der Waals surface area (Å²) in [7, 11) is 0. The number of carbonyl (C=O) groups excluding carboxylic acids is 1. The molecule has 128 valence electrons. The van der Waals surface area contributed by atoms with E-state index >= 15 is 0 Å². The van der Waals surface area contributed by atoms with Crippen LogP contribution in [0.15, 0.2) is 29.6 Å². The highest BCUT2D eigenvalue weighted by Gasteiger charge is 2.22. The van der Waals surface area contributed by atoms with Gasteiger partial charge in [0.25, 0.3) is 5.91 Å². The van der Waals surface area contributed by atoms with Gasteiger partial charge in [-0.1, -0.05) is 13.8 Å². The van der Waals surface area contributed by atoms with Crippen LogP contribution < -0.4 is 5.32 Å². The number of hydrogen-bond donors (Lipinski definition) is 1. The quantitative estimate of drug-likeness (QED) is 0.909. The fourth-order valence-electron chi connectivity index (χ4n) is 3.36. The van der Waals surface area contributed by atoms with E-state index in [-0.39, 0.29) is 11.7 Å². The highest BCUT2D eigenvalue weighted by Crippen LogP contribution is 2.24. The average Bonchev–Trinajstić information content (AvgIpc) is 2.93. The molecule has 1 N–H and O–H groups in total. The van der Waals surface area contributed by atoms with E-state index in [1.54, 1.807) is 0 Å². The lowest BCUT2D eigenvalue weighted by Gasteiger charge is -2.34. The van der Waals surface area contributed by atoms with Crippen LogP contribution in [0.4, 0.5) is 9.52 Å². The predicted molar refractivity (Wildman–Crippen MR) is 94.7 cm³/mol. The van der Waals surface area contributed by atoms with Crippen molar-refractivity contribution in [2.24, 2.45) is 11.8 Å². The second-order valence-corrected chi connectivity index (χ2v) is 7.60. The molecule has 1 saturated heterocycles. The summed E-state index contributed by atoms with van der Waals surface area (Å²) in [5.74, 6) is 0.805. The Balaban J connectivity index is 1.59. The normalized spacial score (nSPS) is 21.6. The first-order valence-electron chi connectivity index (χ1n) is 8.23. The van der Waals surface area contributed by atoms with Crippen LogP contribution in [0.1, 0.15) is 36.3 Å². The van der Waals surface area contributed by atoms with E-state index in [1.165, 1.54) is 42.0 Å². The van der Waals surface area contributed by atoms with Crippen molar-refractivity contribution in [3.63, 3.8) is 0 Å². The molecule has 0 spiro atoms. The Bertz CT molecular complexity index is 691. The topological polar surface area (TPSA) is 45.2 Å². The zero-order chi connectivity index (χ0) is 17.1. The minimum atomic E-state index is -0.354. The van der Waals surface area contributed by atoms with Crippen molar-refractivity contribution < 1.29 is 9.18 Å². The zero-order valence-electron chi connectivity index (χ0n) is 14.0. The summed E-state index contributed by atoms with van der Waals surface area (Å²) in [5, 5.41) is 5.35. The molecule has 1 aliphatic rings. The standard InChI is InChI=1S/C18H22FN3OS/c1-12-7-13(2)9-22(8-12)10-16-11-24-18(20-16)21-17(23)14-3-5-15(19)6-4-14/h3-6,11-13H,7-10H2,1-2H3,(H,20,21,23)/t12-,13+. The molecule has 0 unspecified atom stereocenters. The Hall–Kier alpha value is -1.79. The fraction of sp³-hybridized carbons (Fsp3) is 0.444. The number of aromatic nitrogens is 1. The Kier molecular flexibility index (Phi) is 5.26. The lowest BCUT2D eigenvalue weighted by molar-refractivity contribution is 0.102. The molecule has 4 nitrogen and oxygen atoms in total. The van der Waals surface area contributed by atoms with Crippen LogP contribution in [0.3, 0.4) is 0 Å². The first-order valence-corrected chi connectivity index (χ1v) is 9.11. The summed E-state index contributed by atoms with van der Waals surface area (Å²) in [6.45, 7) is 7.59. The molecular formula is C18H22FN3OS. The molecule has 6 heteroatoms. The van der Waals surface area contributed by atoms with Crippen molar-refractivity contribution >= 4 is 22.4 Å². The van der Waals surface area contributed by atoms with Crippen molar-refractivity contribution in [1.82, 2.24) is 9.88 Å². The van der Waals surface area contributed by atoms with Crippen LogP contribution in [-0.4, -0.2) is 28.9 Å². The first-order chi connectivity index (χ1) is 11.5. The van der Waals surface area contributed by atoms with Gasteiger partial charge in [0, 0.05) is 30.6 Å². The van der Waals surface area contributed by atoms with Gasteiger partial charge in [0.1, 0.15) is 5.82 Å². The fourth-order valence-corrected chi connectivity index (χ4v) is 4.05. The van der Waals surface area contributed by atoms with Gasteiger partial charge in [-0.25, -0.2) is 9.37 Å². The number of halogens is 1. The molecule has 1 aliphatic heterocycles. The summed E-state index contributed by atoms with van der Waals surface area (Å²) in [6, 6.07) is 5.49. The number of hydrogen-bond acceptors (Lipinski definition) is 4. The maximum absolute atomic E-state index is 12.9. The number of anilines is 1. The molecule has 1 aromatic heterocycles. The molecule has 1 aromatic carbocycles. The van der Waals surface area contributed by atoms with E-state index in [9.17, 15) is 9.18 Å². The van der Waals surface area contributed by atoms with Crippen molar-refractivity contribution in [3.05, 3.63) is 46.7 Å². The second-order valence-electron chi connectivity index (χ2n) is 6.75. The van der Waals surface area contributed by atoms with Crippen LogP contribution in [0.2, 0.25) is 0 Å². The van der Waals surface area contributed by atoms with Crippen LogP contribution in [0, 0.1) is 17.7 Å². The van der Waals surface area contributed by atoms with Crippen molar-refractivity contribution in [1.29, 1.82) is 0 Å². The summed E-state index contributed by atoms with van der Waals surface area (Å²) < 4.78 is 12.9. The molecule has 0 saturated carbocycles. The van der Waals surface area contributed by atoms with Crippen molar-refractivity contribution in [2.45, 2.75) is 26.8 Å². The number of nitrogens with one attached hydrogen (secondary N) is 1. The highest BCUT2D eigenvalue weighted by atomic mass is 32.1. The second kappa shape index (κ2) is 7.40. The molecule has 1 amide bonds. The molecular weight excluding hydrogens is 325 g/mol. The number of carbonyl (C=O) groups is 1. The van der Waals surface area contributed by atoms with Gasteiger partial charge in [-0.2, -0.15) is 0 Å². The number of nitrogens with zero attached hydrogens (tertiary/aromatic N) is 2.